The van der Waals surface area contributed by atoms with Gasteiger partial charge < -0.3 is 5.32 Å². The van der Waals surface area contributed by atoms with E-state index >= 15 is 0 Å². The first kappa shape index (κ1) is 12.1. The standard InChI is InChI=1S/C12H12F2N2S/c1-8-12(17-7-16-8)6-15-5-9-2-10(13)4-11(14)3-9/h2-4,7,15H,5-6H2,1H3. The van der Waals surface area contributed by atoms with Gasteiger partial charge in [-0.25, -0.2) is 13.8 Å². The van der Waals surface area contributed by atoms with Crippen molar-refractivity contribution in [2.75, 3.05) is 0 Å². The molecule has 0 saturated heterocycles. The maximum atomic E-state index is 12.9. The van der Waals surface area contributed by atoms with Crippen molar-refractivity contribution in [3.63, 3.8) is 0 Å². The van der Waals surface area contributed by atoms with E-state index in [-0.39, 0.29) is 0 Å². The largest absolute Gasteiger partial charge is 0.308 e. The third-order valence-corrected chi connectivity index (χ3v) is 3.32. The lowest BCUT2D eigenvalue weighted by Crippen LogP contribution is -2.12. The molecule has 1 N–H and O–H groups in total. The van der Waals surface area contributed by atoms with Gasteiger partial charge in [0.05, 0.1) is 11.2 Å². The summed E-state index contributed by atoms with van der Waals surface area (Å²) in [5.41, 5.74) is 3.38. The number of halogens is 2. The monoisotopic (exact) mass is 254 g/mol. The van der Waals surface area contributed by atoms with Crippen LogP contribution >= 0.6 is 11.3 Å². The van der Waals surface area contributed by atoms with Crippen LogP contribution in [0.1, 0.15) is 16.1 Å². The number of thiazole rings is 1. The average Bonchev–Trinajstić information content (AvgIpc) is 2.63. The number of aromatic nitrogens is 1. The first-order chi connectivity index (χ1) is 8.15. The summed E-state index contributed by atoms with van der Waals surface area (Å²) >= 11 is 1.57. The summed E-state index contributed by atoms with van der Waals surface area (Å²) < 4.78 is 25.8. The van der Waals surface area contributed by atoms with E-state index in [2.05, 4.69) is 10.3 Å². The summed E-state index contributed by atoms with van der Waals surface area (Å²) in [5, 5.41) is 3.14. The molecule has 1 aromatic heterocycles. The summed E-state index contributed by atoms with van der Waals surface area (Å²) in [6, 6.07) is 3.53. The van der Waals surface area contributed by atoms with Gasteiger partial charge in [-0.3, -0.25) is 0 Å². The van der Waals surface area contributed by atoms with Gasteiger partial charge in [-0.15, -0.1) is 11.3 Å². The molecule has 0 aliphatic carbocycles. The van der Waals surface area contributed by atoms with Crippen LogP contribution in [0.4, 0.5) is 8.78 Å². The van der Waals surface area contributed by atoms with Gasteiger partial charge in [-0.2, -0.15) is 0 Å². The van der Waals surface area contributed by atoms with Crippen molar-refractivity contribution in [2.45, 2.75) is 20.0 Å². The Kier molecular flexibility index (Phi) is 3.81. The Labute approximate surface area is 102 Å². The Morgan fingerprint density at radius 3 is 2.47 bits per heavy atom. The normalized spacial score (nSPS) is 10.8. The van der Waals surface area contributed by atoms with E-state index in [0.717, 1.165) is 16.6 Å². The predicted molar refractivity (Wildman–Crippen MR) is 63.8 cm³/mol. The van der Waals surface area contributed by atoms with E-state index in [9.17, 15) is 8.78 Å². The Hall–Kier alpha value is -1.33. The van der Waals surface area contributed by atoms with Gasteiger partial charge >= 0.3 is 0 Å². The molecule has 2 nitrogen and oxygen atoms in total. The summed E-state index contributed by atoms with van der Waals surface area (Å²) in [5.74, 6) is -1.09. The van der Waals surface area contributed by atoms with Crippen LogP contribution < -0.4 is 5.32 Å². The topological polar surface area (TPSA) is 24.9 Å². The van der Waals surface area contributed by atoms with Crippen LogP contribution in [0, 0.1) is 18.6 Å². The molecule has 0 amide bonds. The summed E-state index contributed by atoms with van der Waals surface area (Å²) in [6.07, 6.45) is 0. The number of rotatable bonds is 4. The molecule has 0 atom stereocenters. The maximum Gasteiger partial charge on any atom is 0.126 e. The smallest absolute Gasteiger partial charge is 0.126 e. The molecule has 0 radical (unpaired) electrons. The summed E-state index contributed by atoms with van der Waals surface area (Å²) in [4.78, 5) is 5.27. The molecular weight excluding hydrogens is 242 g/mol. The minimum absolute atomic E-state index is 0.437. The molecule has 1 heterocycles. The van der Waals surface area contributed by atoms with E-state index < -0.39 is 11.6 Å². The van der Waals surface area contributed by atoms with Crippen LogP contribution in [0.3, 0.4) is 0 Å². The highest BCUT2D eigenvalue weighted by Crippen LogP contribution is 2.12. The molecule has 2 rings (SSSR count). The Morgan fingerprint density at radius 1 is 1.18 bits per heavy atom. The van der Waals surface area contributed by atoms with Crippen molar-refractivity contribution >= 4 is 11.3 Å². The molecule has 5 heteroatoms. The lowest BCUT2D eigenvalue weighted by molar-refractivity contribution is 0.575. The molecule has 1 aromatic carbocycles. The fourth-order valence-corrected chi connectivity index (χ4v) is 2.28. The second-order valence-electron chi connectivity index (χ2n) is 3.74. The Bertz CT molecular complexity index is 491. The fraction of sp³-hybridized carbons (Fsp3) is 0.250. The fourth-order valence-electron chi connectivity index (χ4n) is 1.53. The molecule has 0 saturated carbocycles. The number of aryl methyl sites for hydroxylation is 1. The molecule has 0 spiro atoms. The lowest BCUT2D eigenvalue weighted by atomic mass is 10.2. The van der Waals surface area contributed by atoms with Crippen molar-refractivity contribution in [2.24, 2.45) is 0 Å². The van der Waals surface area contributed by atoms with Crippen LogP contribution in [-0.2, 0) is 13.1 Å². The molecule has 17 heavy (non-hydrogen) atoms. The third-order valence-electron chi connectivity index (χ3n) is 2.38. The SMILES string of the molecule is Cc1ncsc1CNCc1cc(F)cc(F)c1. The molecule has 0 aliphatic heterocycles. The molecule has 90 valence electrons. The summed E-state index contributed by atoms with van der Waals surface area (Å²) in [7, 11) is 0. The Balaban J connectivity index is 1.92. The van der Waals surface area contributed by atoms with Gasteiger partial charge in [0, 0.05) is 24.0 Å². The highest BCUT2D eigenvalue weighted by Gasteiger charge is 2.02. The van der Waals surface area contributed by atoms with E-state index in [1.807, 2.05) is 6.92 Å². The van der Waals surface area contributed by atoms with Crippen LogP contribution in [0.5, 0.6) is 0 Å². The number of benzene rings is 1. The Morgan fingerprint density at radius 2 is 1.88 bits per heavy atom. The minimum atomic E-state index is -0.546. The third kappa shape index (κ3) is 3.31. The molecular formula is C12H12F2N2S. The van der Waals surface area contributed by atoms with Crippen molar-refractivity contribution in [3.05, 3.63) is 51.5 Å². The number of nitrogens with zero attached hydrogens (tertiary/aromatic N) is 1. The van der Waals surface area contributed by atoms with E-state index in [1.54, 1.807) is 16.8 Å². The highest BCUT2D eigenvalue weighted by molar-refractivity contribution is 7.09. The number of nitrogens with one attached hydrogen (secondary N) is 1. The maximum absolute atomic E-state index is 12.9. The summed E-state index contributed by atoms with van der Waals surface area (Å²) in [6.45, 7) is 3.04. The van der Waals surface area contributed by atoms with Crippen LogP contribution in [0.25, 0.3) is 0 Å². The van der Waals surface area contributed by atoms with Crippen molar-refractivity contribution < 1.29 is 8.78 Å². The average molecular weight is 254 g/mol. The second-order valence-corrected chi connectivity index (χ2v) is 4.68. The van der Waals surface area contributed by atoms with E-state index in [4.69, 9.17) is 0 Å². The highest BCUT2D eigenvalue weighted by atomic mass is 32.1. The predicted octanol–water partition coefficient (Wildman–Crippen LogP) is 3.02. The molecule has 0 aliphatic rings. The van der Waals surface area contributed by atoms with Crippen molar-refractivity contribution in [3.8, 4) is 0 Å². The molecule has 2 aromatic rings. The quantitative estimate of drug-likeness (QED) is 0.907. The van der Waals surface area contributed by atoms with Crippen LogP contribution in [0.15, 0.2) is 23.7 Å². The zero-order chi connectivity index (χ0) is 12.3. The van der Waals surface area contributed by atoms with Gasteiger partial charge in [0.25, 0.3) is 0 Å². The van der Waals surface area contributed by atoms with E-state index in [0.29, 0.717) is 18.7 Å². The number of hydrogen-bond acceptors (Lipinski definition) is 3. The zero-order valence-corrected chi connectivity index (χ0v) is 10.2. The van der Waals surface area contributed by atoms with Crippen LogP contribution in [0.2, 0.25) is 0 Å². The van der Waals surface area contributed by atoms with Crippen LogP contribution in [-0.4, -0.2) is 4.98 Å². The molecule has 0 fully saturated rings. The lowest BCUT2D eigenvalue weighted by Gasteiger charge is -2.04. The van der Waals surface area contributed by atoms with E-state index in [1.165, 1.54) is 12.1 Å². The molecule has 0 unspecified atom stereocenters. The van der Waals surface area contributed by atoms with Crippen molar-refractivity contribution in [1.29, 1.82) is 0 Å². The first-order valence-electron chi connectivity index (χ1n) is 5.20. The number of hydrogen-bond donors (Lipinski definition) is 1. The van der Waals surface area contributed by atoms with Gasteiger partial charge in [0.15, 0.2) is 0 Å². The zero-order valence-electron chi connectivity index (χ0n) is 9.34. The minimum Gasteiger partial charge on any atom is -0.308 e. The van der Waals surface area contributed by atoms with Crippen molar-refractivity contribution in [1.82, 2.24) is 10.3 Å². The second kappa shape index (κ2) is 5.33. The van der Waals surface area contributed by atoms with Gasteiger partial charge in [0.2, 0.25) is 0 Å². The first-order valence-corrected chi connectivity index (χ1v) is 6.08. The molecule has 0 bridgehead atoms. The van der Waals surface area contributed by atoms with Gasteiger partial charge in [-0.1, -0.05) is 0 Å². The van der Waals surface area contributed by atoms with Gasteiger partial charge in [0.1, 0.15) is 11.6 Å². The van der Waals surface area contributed by atoms with Gasteiger partial charge in [-0.05, 0) is 24.6 Å².